The highest BCUT2D eigenvalue weighted by Crippen LogP contribution is 2.29. The van der Waals surface area contributed by atoms with Gasteiger partial charge in [-0.05, 0) is 42.0 Å². The fourth-order valence-electron chi connectivity index (χ4n) is 2.01. The molecular weight excluding hydrogens is 276 g/mol. The van der Waals surface area contributed by atoms with E-state index in [1.165, 1.54) is 0 Å². The van der Waals surface area contributed by atoms with Gasteiger partial charge in [0.25, 0.3) is 0 Å². The molecule has 0 amide bonds. The highest BCUT2D eigenvalue weighted by Gasteiger charge is 2.03. The lowest BCUT2D eigenvalue weighted by Gasteiger charge is -2.09. The summed E-state index contributed by atoms with van der Waals surface area (Å²) in [6, 6.07) is 24.2. The molecule has 0 saturated carbocycles. The molecule has 0 bridgehead atoms. The van der Waals surface area contributed by atoms with E-state index in [4.69, 9.17) is 9.47 Å². The summed E-state index contributed by atoms with van der Waals surface area (Å²) < 4.78 is 11.3. The predicted molar refractivity (Wildman–Crippen MR) is 85.4 cm³/mol. The molecule has 0 unspecified atom stereocenters. The maximum atomic E-state index is 9.69. The van der Waals surface area contributed by atoms with Crippen molar-refractivity contribution in [3.63, 3.8) is 0 Å². The van der Waals surface area contributed by atoms with Crippen LogP contribution in [0.1, 0.15) is 5.56 Å². The molecule has 3 aromatic carbocycles. The third kappa shape index (κ3) is 3.58. The summed E-state index contributed by atoms with van der Waals surface area (Å²) in [5, 5.41) is 9.69. The van der Waals surface area contributed by atoms with Gasteiger partial charge in [0.1, 0.15) is 18.1 Å². The second-order valence-electron chi connectivity index (χ2n) is 4.82. The number of hydrogen-bond acceptors (Lipinski definition) is 3. The van der Waals surface area contributed by atoms with Crippen molar-refractivity contribution in [2.75, 3.05) is 0 Å². The molecule has 0 atom stereocenters. The van der Waals surface area contributed by atoms with E-state index < -0.39 is 0 Å². The lowest BCUT2D eigenvalue weighted by Crippen LogP contribution is -1.95. The summed E-state index contributed by atoms with van der Waals surface area (Å²) in [5.74, 6) is 2.08. The summed E-state index contributed by atoms with van der Waals surface area (Å²) in [4.78, 5) is 0. The van der Waals surface area contributed by atoms with E-state index in [9.17, 15) is 5.11 Å². The van der Waals surface area contributed by atoms with Crippen LogP contribution in [0.25, 0.3) is 0 Å². The topological polar surface area (TPSA) is 38.7 Å². The molecule has 0 radical (unpaired) electrons. The Balaban J connectivity index is 1.62. The number of para-hydroxylation sites is 3. The number of hydrogen-bond donors (Lipinski definition) is 1. The molecule has 3 rings (SSSR count). The van der Waals surface area contributed by atoms with Gasteiger partial charge >= 0.3 is 0 Å². The van der Waals surface area contributed by atoms with Crippen molar-refractivity contribution in [3.05, 3.63) is 84.4 Å². The number of phenolic OH excluding ortho intramolecular Hbond substituents is 1. The van der Waals surface area contributed by atoms with E-state index in [1.54, 1.807) is 18.2 Å². The molecule has 0 saturated heterocycles. The van der Waals surface area contributed by atoms with Gasteiger partial charge in [-0.15, -0.1) is 0 Å². The van der Waals surface area contributed by atoms with Crippen LogP contribution in [-0.2, 0) is 6.61 Å². The SMILES string of the molecule is Oc1ccccc1Oc1ccc(COc2ccccc2)cc1. The van der Waals surface area contributed by atoms with Crippen molar-refractivity contribution in [3.8, 4) is 23.0 Å². The van der Waals surface area contributed by atoms with Crippen LogP contribution in [-0.4, -0.2) is 5.11 Å². The molecule has 22 heavy (non-hydrogen) atoms. The number of aromatic hydroxyl groups is 1. The third-order valence-corrected chi connectivity index (χ3v) is 3.17. The molecule has 3 heteroatoms. The molecule has 3 aromatic rings. The molecule has 1 N–H and O–H groups in total. The second-order valence-corrected chi connectivity index (χ2v) is 4.82. The van der Waals surface area contributed by atoms with Crippen LogP contribution < -0.4 is 9.47 Å². The van der Waals surface area contributed by atoms with Gasteiger partial charge < -0.3 is 14.6 Å². The van der Waals surface area contributed by atoms with E-state index in [2.05, 4.69) is 0 Å². The van der Waals surface area contributed by atoms with E-state index in [-0.39, 0.29) is 5.75 Å². The fraction of sp³-hybridized carbons (Fsp3) is 0.0526. The van der Waals surface area contributed by atoms with E-state index >= 15 is 0 Å². The Morgan fingerprint density at radius 2 is 1.36 bits per heavy atom. The molecular formula is C19H16O3. The summed E-state index contributed by atoms with van der Waals surface area (Å²) in [5.41, 5.74) is 1.05. The minimum atomic E-state index is 0.124. The lowest BCUT2D eigenvalue weighted by molar-refractivity contribution is 0.306. The molecule has 0 aliphatic heterocycles. The zero-order valence-electron chi connectivity index (χ0n) is 12.0. The molecule has 3 nitrogen and oxygen atoms in total. The van der Waals surface area contributed by atoms with Crippen LogP contribution in [0.4, 0.5) is 0 Å². The Morgan fingerprint density at radius 3 is 2.09 bits per heavy atom. The lowest BCUT2D eigenvalue weighted by atomic mass is 10.2. The maximum absolute atomic E-state index is 9.69. The quantitative estimate of drug-likeness (QED) is 0.736. The minimum absolute atomic E-state index is 0.124. The van der Waals surface area contributed by atoms with Crippen molar-refractivity contribution in [1.82, 2.24) is 0 Å². The smallest absolute Gasteiger partial charge is 0.169 e. The third-order valence-electron chi connectivity index (χ3n) is 3.17. The van der Waals surface area contributed by atoms with Gasteiger partial charge in [-0.25, -0.2) is 0 Å². The largest absolute Gasteiger partial charge is 0.504 e. The highest BCUT2D eigenvalue weighted by atomic mass is 16.5. The summed E-state index contributed by atoms with van der Waals surface area (Å²) >= 11 is 0. The van der Waals surface area contributed by atoms with Crippen molar-refractivity contribution in [1.29, 1.82) is 0 Å². The van der Waals surface area contributed by atoms with Crippen LogP contribution in [0.15, 0.2) is 78.9 Å². The van der Waals surface area contributed by atoms with Gasteiger partial charge in [-0.2, -0.15) is 0 Å². The molecule has 0 aliphatic carbocycles. The van der Waals surface area contributed by atoms with Gasteiger partial charge in [0.15, 0.2) is 11.5 Å². The first-order chi connectivity index (χ1) is 10.8. The molecule has 0 heterocycles. The van der Waals surface area contributed by atoms with Crippen molar-refractivity contribution in [2.45, 2.75) is 6.61 Å². The molecule has 0 aromatic heterocycles. The molecule has 0 spiro atoms. The average Bonchev–Trinajstić information content (AvgIpc) is 2.57. The van der Waals surface area contributed by atoms with Gasteiger partial charge in [-0.3, -0.25) is 0 Å². The Morgan fingerprint density at radius 1 is 0.682 bits per heavy atom. The van der Waals surface area contributed by atoms with Crippen LogP contribution in [0.3, 0.4) is 0 Å². The van der Waals surface area contributed by atoms with E-state index in [0.29, 0.717) is 18.1 Å². The second kappa shape index (κ2) is 6.68. The van der Waals surface area contributed by atoms with Crippen LogP contribution in [0.2, 0.25) is 0 Å². The number of benzene rings is 3. The standard InChI is InChI=1S/C19H16O3/c20-18-8-4-5-9-19(18)22-17-12-10-15(11-13-17)14-21-16-6-2-1-3-7-16/h1-13,20H,14H2. The van der Waals surface area contributed by atoms with Gasteiger partial charge in [0.05, 0.1) is 0 Å². The predicted octanol–water partition coefficient (Wildman–Crippen LogP) is 4.76. The first-order valence-corrected chi connectivity index (χ1v) is 7.04. The Kier molecular flexibility index (Phi) is 4.25. The van der Waals surface area contributed by atoms with Gasteiger partial charge in [0, 0.05) is 0 Å². The van der Waals surface area contributed by atoms with Crippen molar-refractivity contribution >= 4 is 0 Å². The van der Waals surface area contributed by atoms with Crippen molar-refractivity contribution < 1.29 is 14.6 Å². The summed E-state index contributed by atoms with van der Waals surface area (Å²) in [6.07, 6.45) is 0. The fourth-order valence-corrected chi connectivity index (χ4v) is 2.01. The first-order valence-electron chi connectivity index (χ1n) is 7.04. The first kappa shape index (κ1) is 14.0. The van der Waals surface area contributed by atoms with E-state index in [1.807, 2.05) is 60.7 Å². The minimum Gasteiger partial charge on any atom is -0.504 e. The number of phenols is 1. The monoisotopic (exact) mass is 292 g/mol. The molecule has 110 valence electrons. The molecule has 0 aliphatic rings. The highest BCUT2D eigenvalue weighted by molar-refractivity contribution is 5.41. The van der Waals surface area contributed by atoms with Crippen LogP contribution in [0, 0.1) is 0 Å². The van der Waals surface area contributed by atoms with Gasteiger partial charge in [0.2, 0.25) is 0 Å². The van der Waals surface area contributed by atoms with E-state index in [0.717, 1.165) is 11.3 Å². The average molecular weight is 292 g/mol. The zero-order chi connectivity index (χ0) is 15.2. The Bertz CT molecular complexity index is 721. The van der Waals surface area contributed by atoms with Crippen LogP contribution >= 0.6 is 0 Å². The number of rotatable bonds is 5. The number of ether oxygens (including phenoxy) is 2. The Hall–Kier alpha value is -2.94. The normalized spacial score (nSPS) is 10.2. The Labute approximate surface area is 129 Å². The van der Waals surface area contributed by atoms with Gasteiger partial charge in [-0.1, -0.05) is 42.5 Å². The summed E-state index contributed by atoms with van der Waals surface area (Å²) in [6.45, 7) is 0.501. The van der Waals surface area contributed by atoms with Crippen molar-refractivity contribution in [2.24, 2.45) is 0 Å². The summed E-state index contributed by atoms with van der Waals surface area (Å²) in [7, 11) is 0. The molecule has 0 fully saturated rings. The van der Waals surface area contributed by atoms with Crippen LogP contribution in [0.5, 0.6) is 23.0 Å². The maximum Gasteiger partial charge on any atom is 0.169 e. The zero-order valence-corrected chi connectivity index (χ0v) is 12.0.